The maximum absolute atomic E-state index is 12.6. The molecule has 0 aliphatic rings. The average Bonchev–Trinajstić information content (AvgIpc) is 3.20. The van der Waals surface area contributed by atoms with Crippen molar-refractivity contribution in [2.45, 2.75) is 38.6 Å². The first kappa shape index (κ1) is 21.0. The summed E-state index contributed by atoms with van der Waals surface area (Å²) in [5.74, 6) is 0.915. The Morgan fingerprint density at radius 3 is 2.59 bits per heavy atom. The van der Waals surface area contributed by atoms with Gasteiger partial charge in [-0.05, 0) is 45.6 Å². The molecule has 0 aliphatic carbocycles. The summed E-state index contributed by atoms with van der Waals surface area (Å²) >= 11 is 1.39. The lowest BCUT2D eigenvalue weighted by Crippen LogP contribution is -2.32. The summed E-state index contributed by atoms with van der Waals surface area (Å²) in [6, 6.07) is 3.55. The van der Waals surface area contributed by atoms with Crippen molar-refractivity contribution in [1.82, 2.24) is 20.2 Å². The third-order valence-electron chi connectivity index (χ3n) is 4.19. The monoisotopic (exact) mass is 390 g/mol. The quantitative estimate of drug-likeness (QED) is 0.402. The Morgan fingerprint density at radius 1 is 1.26 bits per heavy atom. The van der Waals surface area contributed by atoms with Crippen LogP contribution in [0.5, 0.6) is 0 Å². The van der Waals surface area contributed by atoms with E-state index >= 15 is 0 Å². The van der Waals surface area contributed by atoms with E-state index in [9.17, 15) is 9.59 Å². The number of aryl methyl sites for hydroxylation is 1. The zero-order valence-electron chi connectivity index (χ0n) is 16.2. The molecule has 0 radical (unpaired) electrons. The Hall–Kier alpha value is -2.35. The minimum absolute atomic E-state index is 0.112. The van der Waals surface area contributed by atoms with E-state index in [1.165, 1.54) is 11.8 Å². The van der Waals surface area contributed by atoms with Crippen molar-refractivity contribution in [3.8, 4) is 11.6 Å². The van der Waals surface area contributed by atoms with Gasteiger partial charge in [0.05, 0.1) is 17.5 Å². The highest BCUT2D eigenvalue weighted by Gasteiger charge is 2.19. The normalized spacial score (nSPS) is 10.7. The van der Waals surface area contributed by atoms with Crippen LogP contribution in [-0.4, -0.2) is 52.6 Å². The molecule has 2 heterocycles. The molecule has 0 aromatic carbocycles. The average molecular weight is 391 g/mol. The van der Waals surface area contributed by atoms with E-state index in [1.807, 2.05) is 20.1 Å². The standard InChI is InChI=1S/C19H26N4O3S/c1-5-23(6-2)15(24)10-7-11-20-18(25)16-13(3)21-17(22-19(16)27-4)14-9-8-12-26-14/h8-9,12H,5-7,10-11H2,1-4H3,(H,20,25). The van der Waals surface area contributed by atoms with Gasteiger partial charge in [0, 0.05) is 26.1 Å². The molecule has 0 atom stereocenters. The number of nitrogens with one attached hydrogen (secondary N) is 1. The van der Waals surface area contributed by atoms with Crippen LogP contribution in [0.2, 0.25) is 0 Å². The Bertz CT molecular complexity index is 774. The Morgan fingerprint density at radius 2 is 2.00 bits per heavy atom. The van der Waals surface area contributed by atoms with Crippen LogP contribution in [0, 0.1) is 6.92 Å². The minimum Gasteiger partial charge on any atom is -0.461 e. The fourth-order valence-corrected chi connectivity index (χ4v) is 3.36. The number of aromatic nitrogens is 2. The van der Waals surface area contributed by atoms with Gasteiger partial charge in [-0.1, -0.05) is 0 Å². The van der Waals surface area contributed by atoms with Crippen LogP contribution in [-0.2, 0) is 4.79 Å². The van der Waals surface area contributed by atoms with Gasteiger partial charge in [-0.15, -0.1) is 11.8 Å². The van der Waals surface area contributed by atoms with Gasteiger partial charge in [-0.25, -0.2) is 9.97 Å². The molecule has 0 fully saturated rings. The number of nitrogens with zero attached hydrogens (tertiary/aromatic N) is 3. The second kappa shape index (κ2) is 10.1. The third-order valence-corrected chi connectivity index (χ3v) is 4.87. The lowest BCUT2D eigenvalue weighted by molar-refractivity contribution is -0.130. The van der Waals surface area contributed by atoms with Crippen molar-refractivity contribution in [2.75, 3.05) is 25.9 Å². The van der Waals surface area contributed by atoms with Crippen LogP contribution in [0.15, 0.2) is 27.8 Å². The second-order valence-corrected chi connectivity index (χ2v) is 6.71. The zero-order chi connectivity index (χ0) is 19.8. The largest absolute Gasteiger partial charge is 0.461 e. The smallest absolute Gasteiger partial charge is 0.255 e. The summed E-state index contributed by atoms with van der Waals surface area (Å²) in [4.78, 5) is 35.3. The Kier molecular flexibility index (Phi) is 7.84. The molecule has 2 aromatic rings. The molecule has 2 aromatic heterocycles. The van der Waals surface area contributed by atoms with Gasteiger partial charge in [-0.3, -0.25) is 9.59 Å². The topological polar surface area (TPSA) is 88.3 Å². The van der Waals surface area contributed by atoms with Crippen LogP contribution < -0.4 is 5.32 Å². The summed E-state index contributed by atoms with van der Waals surface area (Å²) in [7, 11) is 0. The molecule has 0 spiro atoms. The van der Waals surface area contributed by atoms with Gasteiger partial charge in [0.1, 0.15) is 5.03 Å². The number of amides is 2. The maximum atomic E-state index is 12.6. The minimum atomic E-state index is -0.224. The fourth-order valence-electron chi connectivity index (χ4n) is 2.74. The lowest BCUT2D eigenvalue weighted by atomic mass is 10.2. The number of rotatable bonds is 9. The summed E-state index contributed by atoms with van der Waals surface area (Å²) in [6.45, 7) is 7.55. The van der Waals surface area contributed by atoms with Gasteiger partial charge in [0.2, 0.25) is 5.91 Å². The second-order valence-electron chi connectivity index (χ2n) is 5.92. The predicted molar refractivity (Wildman–Crippen MR) is 106 cm³/mol. The van der Waals surface area contributed by atoms with Crippen LogP contribution in [0.25, 0.3) is 11.6 Å². The van der Waals surface area contributed by atoms with E-state index in [4.69, 9.17) is 4.42 Å². The van der Waals surface area contributed by atoms with Crippen LogP contribution >= 0.6 is 11.8 Å². The van der Waals surface area contributed by atoms with E-state index in [-0.39, 0.29) is 11.8 Å². The van der Waals surface area contributed by atoms with Crippen molar-refractivity contribution < 1.29 is 14.0 Å². The van der Waals surface area contributed by atoms with Crippen molar-refractivity contribution in [2.24, 2.45) is 0 Å². The molecule has 1 N–H and O–H groups in total. The first-order valence-electron chi connectivity index (χ1n) is 9.04. The van der Waals surface area contributed by atoms with E-state index in [1.54, 1.807) is 30.2 Å². The van der Waals surface area contributed by atoms with Crippen molar-refractivity contribution in [3.05, 3.63) is 29.7 Å². The summed E-state index contributed by atoms with van der Waals surface area (Å²) in [6.07, 6.45) is 4.45. The van der Waals surface area contributed by atoms with E-state index in [2.05, 4.69) is 15.3 Å². The van der Waals surface area contributed by atoms with Gasteiger partial charge in [0.15, 0.2) is 11.6 Å². The van der Waals surface area contributed by atoms with Gasteiger partial charge >= 0.3 is 0 Å². The number of hydrogen-bond donors (Lipinski definition) is 1. The predicted octanol–water partition coefficient (Wildman–Crippen LogP) is 3.15. The molecule has 146 valence electrons. The maximum Gasteiger partial charge on any atom is 0.255 e. The SMILES string of the molecule is CCN(CC)C(=O)CCCNC(=O)c1c(C)nc(-c2ccco2)nc1SC. The molecule has 0 unspecified atom stereocenters. The van der Waals surface area contributed by atoms with Crippen LogP contribution in [0.3, 0.4) is 0 Å². The molecule has 8 heteroatoms. The Labute approximate surface area is 163 Å². The van der Waals surface area contributed by atoms with Crippen molar-refractivity contribution in [1.29, 1.82) is 0 Å². The molecule has 2 amide bonds. The molecule has 0 bridgehead atoms. The van der Waals surface area contributed by atoms with Gasteiger partial charge < -0.3 is 14.6 Å². The van der Waals surface area contributed by atoms with Gasteiger partial charge in [0.25, 0.3) is 5.91 Å². The van der Waals surface area contributed by atoms with E-state index < -0.39 is 0 Å². The highest BCUT2D eigenvalue weighted by molar-refractivity contribution is 7.98. The fraction of sp³-hybridized carbons (Fsp3) is 0.474. The highest BCUT2D eigenvalue weighted by Crippen LogP contribution is 2.25. The number of hydrogen-bond acceptors (Lipinski definition) is 6. The Balaban J connectivity index is 2.01. The molecular formula is C19H26N4O3S. The molecule has 0 saturated carbocycles. The molecule has 7 nitrogen and oxygen atoms in total. The summed E-state index contributed by atoms with van der Waals surface area (Å²) in [5.41, 5.74) is 1.06. The van der Waals surface area contributed by atoms with Crippen LogP contribution in [0.1, 0.15) is 42.7 Å². The first-order chi connectivity index (χ1) is 13.0. The molecule has 2 rings (SSSR count). The zero-order valence-corrected chi connectivity index (χ0v) is 17.1. The van der Waals surface area contributed by atoms with Gasteiger partial charge in [-0.2, -0.15) is 0 Å². The van der Waals surface area contributed by atoms with Crippen molar-refractivity contribution in [3.63, 3.8) is 0 Å². The van der Waals surface area contributed by atoms with E-state index in [0.29, 0.717) is 60.3 Å². The lowest BCUT2D eigenvalue weighted by Gasteiger charge is -2.18. The third kappa shape index (κ3) is 5.32. The number of thioether (sulfide) groups is 1. The van der Waals surface area contributed by atoms with Crippen LogP contribution in [0.4, 0.5) is 0 Å². The molecule has 0 aliphatic heterocycles. The summed E-state index contributed by atoms with van der Waals surface area (Å²) in [5, 5.41) is 3.48. The highest BCUT2D eigenvalue weighted by atomic mass is 32.2. The molecule has 27 heavy (non-hydrogen) atoms. The first-order valence-corrected chi connectivity index (χ1v) is 10.3. The number of furan rings is 1. The molecular weight excluding hydrogens is 364 g/mol. The number of carbonyl (C=O) groups is 2. The molecule has 0 saturated heterocycles. The van der Waals surface area contributed by atoms with E-state index in [0.717, 1.165) is 0 Å². The summed E-state index contributed by atoms with van der Waals surface area (Å²) < 4.78 is 5.34. The number of carbonyl (C=O) groups excluding carboxylic acids is 2. The van der Waals surface area contributed by atoms with Crippen molar-refractivity contribution >= 4 is 23.6 Å².